The Morgan fingerprint density at radius 2 is 2.00 bits per heavy atom. The van der Waals surface area contributed by atoms with E-state index < -0.39 is 0 Å². The van der Waals surface area contributed by atoms with Crippen molar-refractivity contribution in [3.8, 4) is 0 Å². The lowest BCUT2D eigenvalue weighted by molar-refractivity contribution is -0.132. The largest absolute Gasteiger partial charge is 0.381 e. The zero-order chi connectivity index (χ0) is 17.0. The first kappa shape index (κ1) is 17.6. The molecule has 0 aliphatic carbocycles. The van der Waals surface area contributed by atoms with Crippen LogP contribution in [0.4, 0.5) is 0 Å². The highest BCUT2D eigenvalue weighted by atomic mass is 35.5. The van der Waals surface area contributed by atoms with E-state index in [1.165, 1.54) is 5.56 Å². The zero-order valence-corrected chi connectivity index (χ0v) is 15.0. The van der Waals surface area contributed by atoms with Gasteiger partial charge in [-0.3, -0.25) is 9.59 Å². The Balaban J connectivity index is 1.65. The number of carbonyl (C=O) groups is 2. The van der Waals surface area contributed by atoms with Crippen LogP contribution in [-0.4, -0.2) is 54.6 Å². The van der Waals surface area contributed by atoms with Crippen molar-refractivity contribution in [3.63, 3.8) is 0 Å². The van der Waals surface area contributed by atoms with Crippen molar-refractivity contribution in [1.82, 2.24) is 10.2 Å². The Bertz CT molecular complexity index is 602. The number of benzene rings is 1. The smallest absolute Gasteiger partial charge is 0.239 e. The molecule has 2 aliphatic rings. The van der Waals surface area contributed by atoms with E-state index in [0.717, 1.165) is 12.8 Å². The fourth-order valence-electron chi connectivity index (χ4n) is 3.17. The van der Waals surface area contributed by atoms with Gasteiger partial charge < -0.3 is 15.0 Å². The molecule has 0 aromatic heterocycles. The van der Waals surface area contributed by atoms with Gasteiger partial charge >= 0.3 is 0 Å². The van der Waals surface area contributed by atoms with Crippen molar-refractivity contribution in [2.24, 2.45) is 0 Å². The van der Waals surface area contributed by atoms with Gasteiger partial charge in [0, 0.05) is 30.2 Å². The van der Waals surface area contributed by atoms with Gasteiger partial charge in [-0.15, -0.1) is 11.8 Å². The lowest BCUT2D eigenvalue weighted by Gasteiger charge is -2.38. The van der Waals surface area contributed by atoms with Crippen LogP contribution in [0.1, 0.15) is 18.4 Å². The van der Waals surface area contributed by atoms with Crippen LogP contribution in [0.15, 0.2) is 24.3 Å². The molecule has 1 aromatic carbocycles. The first-order chi connectivity index (χ1) is 11.6. The molecular weight excluding hydrogens is 348 g/mol. The monoisotopic (exact) mass is 368 g/mol. The third kappa shape index (κ3) is 4.05. The van der Waals surface area contributed by atoms with Crippen molar-refractivity contribution >= 4 is 35.2 Å². The lowest BCUT2D eigenvalue weighted by Crippen LogP contribution is -2.47. The molecule has 2 amide bonds. The van der Waals surface area contributed by atoms with Crippen LogP contribution in [0.2, 0.25) is 5.02 Å². The average Bonchev–Trinajstić information content (AvgIpc) is 2.99. The van der Waals surface area contributed by atoms with Gasteiger partial charge in [0.2, 0.25) is 11.8 Å². The molecule has 0 unspecified atom stereocenters. The molecule has 0 spiro atoms. The first-order valence-corrected chi connectivity index (χ1v) is 9.58. The van der Waals surface area contributed by atoms with Gasteiger partial charge in [-0.05, 0) is 30.5 Å². The maximum Gasteiger partial charge on any atom is 0.239 e. The third-order valence-corrected chi connectivity index (χ3v) is 5.89. The number of nitrogens with zero attached hydrogens (tertiary/aromatic N) is 1. The number of carbonyl (C=O) groups excluding carboxylic acids is 2. The van der Waals surface area contributed by atoms with Gasteiger partial charge in [0.25, 0.3) is 0 Å². The molecule has 5 nitrogen and oxygen atoms in total. The molecular formula is C17H21ClN2O3S. The minimum atomic E-state index is -0.137. The molecule has 2 fully saturated rings. The Morgan fingerprint density at radius 1 is 1.29 bits per heavy atom. The second kappa shape index (κ2) is 7.76. The summed E-state index contributed by atoms with van der Waals surface area (Å²) >= 11 is 7.54. The highest BCUT2D eigenvalue weighted by molar-refractivity contribution is 8.00. The molecule has 3 rings (SSSR count). The van der Waals surface area contributed by atoms with Crippen molar-refractivity contribution < 1.29 is 14.3 Å². The van der Waals surface area contributed by atoms with E-state index in [4.69, 9.17) is 16.3 Å². The number of rotatable bonds is 5. The summed E-state index contributed by atoms with van der Waals surface area (Å²) in [6, 6.07) is 7.83. The van der Waals surface area contributed by atoms with Crippen molar-refractivity contribution in [2.75, 3.05) is 37.9 Å². The molecule has 2 saturated heterocycles. The Morgan fingerprint density at radius 3 is 2.62 bits per heavy atom. The number of nitrogens with one attached hydrogen (secondary N) is 1. The summed E-state index contributed by atoms with van der Waals surface area (Å²) in [6.45, 7) is 2.05. The van der Waals surface area contributed by atoms with Crippen LogP contribution < -0.4 is 5.32 Å². The molecule has 2 heterocycles. The van der Waals surface area contributed by atoms with E-state index in [1.807, 2.05) is 24.3 Å². The lowest BCUT2D eigenvalue weighted by atomic mass is 9.74. The van der Waals surface area contributed by atoms with Crippen LogP contribution in [0.3, 0.4) is 0 Å². The van der Waals surface area contributed by atoms with Crippen molar-refractivity contribution in [3.05, 3.63) is 34.9 Å². The Hall–Kier alpha value is -1.24. The normalized spacial score (nSPS) is 20.2. The highest BCUT2D eigenvalue weighted by Gasteiger charge is 2.35. The number of thioether (sulfide) groups is 1. The topological polar surface area (TPSA) is 58.6 Å². The predicted molar refractivity (Wildman–Crippen MR) is 95.2 cm³/mol. The van der Waals surface area contributed by atoms with Gasteiger partial charge in [-0.2, -0.15) is 0 Å². The number of amides is 2. The number of hydrogen-bond acceptors (Lipinski definition) is 4. The summed E-state index contributed by atoms with van der Waals surface area (Å²) in [4.78, 5) is 25.5. The van der Waals surface area contributed by atoms with Crippen LogP contribution in [-0.2, 0) is 19.7 Å². The van der Waals surface area contributed by atoms with Gasteiger partial charge in [0.15, 0.2) is 0 Å². The fourth-order valence-corrected chi connectivity index (χ4v) is 4.20. The van der Waals surface area contributed by atoms with E-state index in [-0.39, 0.29) is 23.8 Å². The van der Waals surface area contributed by atoms with Crippen molar-refractivity contribution in [2.45, 2.75) is 18.3 Å². The van der Waals surface area contributed by atoms with E-state index in [0.29, 0.717) is 36.4 Å². The van der Waals surface area contributed by atoms with Gasteiger partial charge in [-0.25, -0.2) is 0 Å². The number of ether oxygens (including phenoxy) is 1. The quantitative estimate of drug-likeness (QED) is 0.864. The summed E-state index contributed by atoms with van der Waals surface area (Å²) < 4.78 is 5.50. The predicted octanol–water partition coefficient (Wildman–Crippen LogP) is 2.04. The van der Waals surface area contributed by atoms with E-state index in [2.05, 4.69) is 5.32 Å². The summed E-state index contributed by atoms with van der Waals surface area (Å²) in [5.74, 6) is 1.00. The molecule has 1 aromatic rings. The minimum Gasteiger partial charge on any atom is -0.381 e. The van der Waals surface area contributed by atoms with Crippen LogP contribution in [0.25, 0.3) is 0 Å². The van der Waals surface area contributed by atoms with E-state index >= 15 is 0 Å². The van der Waals surface area contributed by atoms with Gasteiger partial charge in [0.1, 0.15) is 6.54 Å². The number of halogens is 1. The molecule has 24 heavy (non-hydrogen) atoms. The molecule has 130 valence electrons. The molecule has 0 bridgehead atoms. The molecule has 0 atom stereocenters. The summed E-state index contributed by atoms with van der Waals surface area (Å²) in [5.41, 5.74) is 1.03. The summed E-state index contributed by atoms with van der Waals surface area (Å²) in [6.07, 6.45) is 1.71. The second-order valence-electron chi connectivity index (χ2n) is 6.25. The standard InChI is InChI=1S/C17H21ClN2O3S/c18-14-3-1-13(2-4-14)17(5-7-23-8-6-17)11-19-15(21)9-20-12-24-10-16(20)22/h1-4H,5-12H2,(H,19,21). The van der Waals surface area contributed by atoms with E-state index in [9.17, 15) is 9.59 Å². The summed E-state index contributed by atoms with van der Waals surface area (Å²) in [5, 5.41) is 3.73. The van der Waals surface area contributed by atoms with Crippen LogP contribution in [0.5, 0.6) is 0 Å². The highest BCUT2D eigenvalue weighted by Crippen LogP contribution is 2.34. The van der Waals surface area contributed by atoms with Gasteiger partial charge in [0.05, 0.1) is 11.6 Å². The molecule has 7 heteroatoms. The SMILES string of the molecule is O=C(CN1CSCC1=O)NCC1(c2ccc(Cl)cc2)CCOCC1. The molecule has 2 aliphatic heterocycles. The maximum absolute atomic E-state index is 12.2. The first-order valence-electron chi connectivity index (χ1n) is 8.05. The van der Waals surface area contributed by atoms with E-state index in [1.54, 1.807) is 16.7 Å². The fraction of sp³-hybridized carbons (Fsp3) is 0.529. The van der Waals surface area contributed by atoms with Crippen LogP contribution >= 0.6 is 23.4 Å². The Kier molecular flexibility index (Phi) is 5.69. The third-order valence-electron chi connectivity index (χ3n) is 4.69. The molecule has 0 radical (unpaired) electrons. The summed E-state index contributed by atoms with van der Waals surface area (Å²) in [7, 11) is 0. The van der Waals surface area contributed by atoms with Gasteiger partial charge in [-0.1, -0.05) is 23.7 Å². The zero-order valence-electron chi connectivity index (χ0n) is 13.4. The molecule has 1 N–H and O–H groups in total. The molecule has 0 saturated carbocycles. The average molecular weight is 369 g/mol. The maximum atomic E-state index is 12.2. The Labute approximate surface area is 151 Å². The van der Waals surface area contributed by atoms with Crippen LogP contribution in [0, 0.1) is 0 Å². The minimum absolute atomic E-state index is 0.0358. The van der Waals surface area contributed by atoms with Crippen molar-refractivity contribution in [1.29, 1.82) is 0 Å². The number of hydrogen-bond donors (Lipinski definition) is 1. The second-order valence-corrected chi connectivity index (χ2v) is 7.64.